The summed E-state index contributed by atoms with van der Waals surface area (Å²) in [4.78, 5) is 19.9. The van der Waals surface area contributed by atoms with Crippen LogP contribution in [-0.2, 0) is 40.4 Å². The molecule has 16 heteroatoms. The fraction of sp³-hybridized carbons (Fsp3) is 0.385. The molecule has 0 radical (unpaired) electrons. The second-order valence-corrected chi connectivity index (χ2v) is 16.6. The Morgan fingerprint density at radius 1 is 1.07 bits per heavy atom. The van der Waals surface area contributed by atoms with Crippen molar-refractivity contribution in [2.75, 3.05) is 32.2 Å². The quantitative estimate of drug-likeness (QED) is 0.300. The zero-order chi connectivity index (χ0) is 30.7. The van der Waals surface area contributed by atoms with Gasteiger partial charge >= 0.3 is 7.60 Å². The average molecular weight is 722 g/mol. The Kier molecular flexibility index (Phi) is 8.49. The van der Waals surface area contributed by atoms with Gasteiger partial charge in [-0.3, -0.25) is 13.9 Å². The first-order chi connectivity index (χ1) is 19.7. The summed E-state index contributed by atoms with van der Waals surface area (Å²) in [5.41, 5.74) is -0.276. The third-order valence-corrected chi connectivity index (χ3v) is 13.0. The van der Waals surface area contributed by atoms with Crippen LogP contribution >= 0.6 is 46.7 Å². The highest BCUT2D eigenvalue weighted by atomic mass is 79.9. The van der Waals surface area contributed by atoms with E-state index in [2.05, 4.69) is 20.9 Å². The van der Waals surface area contributed by atoms with Gasteiger partial charge in [-0.25, -0.2) is 18.3 Å². The number of hydrogen-bond acceptors (Lipinski definition) is 8. The molecule has 2 aromatic carbocycles. The highest BCUT2D eigenvalue weighted by Gasteiger charge is 2.55. The van der Waals surface area contributed by atoms with E-state index < -0.39 is 34.4 Å². The summed E-state index contributed by atoms with van der Waals surface area (Å²) in [7, 11) is -5.82. The summed E-state index contributed by atoms with van der Waals surface area (Å²) in [5, 5.41) is 9.58. The predicted molar refractivity (Wildman–Crippen MR) is 162 cm³/mol. The van der Waals surface area contributed by atoms with E-state index in [9.17, 15) is 22.9 Å². The number of nitrogens with zero attached hydrogens (tertiary/aromatic N) is 4. The molecule has 0 saturated carbocycles. The molecule has 1 saturated heterocycles. The number of piperidine rings is 1. The van der Waals surface area contributed by atoms with E-state index in [1.807, 2.05) is 24.3 Å². The molecule has 3 heterocycles. The number of halogens is 3. The number of hydrogen-bond donors (Lipinski definition) is 1. The molecule has 1 aromatic heterocycles. The van der Waals surface area contributed by atoms with Crippen LogP contribution in [0.25, 0.3) is 0 Å². The summed E-state index contributed by atoms with van der Waals surface area (Å²) in [6.45, 7) is 1.33. The summed E-state index contributed by atoms with van der Waals surface area (Å²) in [5.74, 6) is -0.328. The van der Waals surface area contributed by atoms with Gasteiger partial charge in [0, 0.05) is 61.1 Å². The summed E-state index contributed by atoms with van der Waals surface area (Å²) in [6, 6.07) is 12.0. The van der Waals surface area contributed by atoms with Gasteiger partial charge in [0.2, 0.25) is 5.95 Å². The molecule has 2 aliphatic rings. The van der Waals surface area contributed by atoms with Crippen molar-refractivity contribution in [3.05, 3.63) is 68.7 Å². The first-order valence-corrected chi connectivity index (χ1v) is 17.3. The van der Waals surface area contributed by atoms with Gasteiger partial charge in [-0.05, 0) is 42.8 Å². The van der Waals surface area contributed by atoms with E-state index in [1.165, 1.54) is 40.3 Å². The molecule has 1 atom stereocenters. The number of anilines is 2. The lowest BCUT2D eigenvalue weighted by atomic mass is 9.92. The number of sulfonamides is 1. The molecule has 226 valence electrons. The van der Waals surface area contributed by atoms with Crippen molar-refractivity contribution in [3.63, 3.8) is 0 Å². The average Bonchev–Trinajstić information content (AvgIpc) is 3.47. The molecule has 3 aromatic rings. The van der Waals surface area contributed by atoms with Crippen LogP contribution < -0.4 is 4.90 Å². The Balaban J connectivity index is 1.59. The molecule has 1 amide bonds. The fourth-order valence-corrected chi connectivity index (χ4v) is 9.50. The zero-order valence-corrected chi connectivity index (χ0v) is 27.6. The molecule has 11 nitrogen and oxygen atoms in total. The number of aliphatic hydroxyl groups is 1. The topological polar surface area (TPSA) is 131 Å². The van der Waals surface area contributed by atoms with Crippen LogP contribution in [-0.4, -0.2) is 65.9 Å². The van der Waals surface area contributed by atoms with Crippen molar-refractivity contribution in [1.82, 2.24) is 13.9 Å². The number of imidazole rings is 1. The van der Waals surface area contributed by atoms with Crippen molar-refractivity contribution in [3.8, 4) is 0 Å². The molecule has 42 heavy (non-hydrogen) atoms. The van der Waals surface area contributed by atoms with Crippen molar-refractivity contribution in [2.45, 2.75) is 42.1 Å². The zero-order valence-electron chi connectivity index (χ0n) is 22.8. The van der Waals surface area contributed by atoms with Crippen LogP contribution in [0.5, 0.6) is 0 Å². The largest absolute Gasteiger partial charge is 0.377 e. The molecular formula is C26H28BrCl2N4O7PS. The maximum atomic E-state index is 14.2. The summed E-state index contributed by atoms with van der Waals surface area (Å²) < 4.78 is 54.6. The van der Waals surface area contributed by atoms with Crippen LogP contribution in [0.2, 0.25) is 10.0 Å². The van der Waals surface area contributed by atoms with Crippen molar-refractivity contribution < 1.29 is 31.9 Å². The normalized spacial score (nSPS) is 21.1. The molecule has 0 aliphatic carbocycles. The fourth-order valence-electron chi connectivity index (χ4n) is 5.52. The van der Waals surface area contributed by atoms with Crippen molar-refractivity contribution in [1.29, 1.82) is 0 Å². The number of fused-ring (bicyclic) bond motifs is 1. The maximum Gasteiger partial charge on any atom is 0.361 e. The molecule has 5 rings (SSSR count). The second kappa shape index (κ2) is 11.3. The Bertz CT molecular complexity index is 1670. The van der Waals surface area contributed by atoms with E-state index in [4.69, 9.17) is 32.2 Å². The van der Waals surface area contributed by atoms with Crippen molar-refractivity contribution >= 4 is 74.3 Å². The SMILES string of the molecule is COP(=O)(OC)C1(O)CCN(S(=O)(=O)c2cnc3n2[C@](C)(Cc2ccc(Br)cc2)C(=O)N3c2cc(Cl)cc(Cl)c2)CC1. The molecule has 2 aliphatic heterocycles. The van der Waals surface area contributed by atoms with Crippen LogP contribution in [0.3, 0.4) is 0 Å². The van der Waals surface area contributed by atoms with E-state index in [1.54, 1.807) is 19.1 Å². The Morgan fingerprint density at radius 2 is 1.64 bits per heavy atom. The van der Waals surface area contributed by atoms with Gasteiger partial charge < -0.3 is 14.2 Å². The van der Waals surface area contributed by atoms with E-state index >= 15 is 0 Å². The smallest absolute Gasteiger partial charge is 0.361 e. The minimum absolute atomic E-state index is 0.0910. The first-order valence-electron chi connectivity index (χ1n) is 12.8. The Morgan fingerprint density at radius 3 is 2.19 bits per heavy atom. The minimum Gasteiger partial charge on any atom is -0.377 e. The minimum atomic E-state index is -4.26. The maximum absolute atomic E-state index is 14.2. The summed E-state index contributed by atoms with van der Waals surface area (Å²) >= 11 is 15.9. The number of amides is 1. The predicted octanol–water partition coefficient (Wildman–Crippen LogP) is 5.55. The lowest BCUT2D eigenvalue weighted by Crippen LogP contribution is -2.48. The van der Waals surface area contributed by atoms with Crippen LogP contribution in [0, 0.1) is 0 Å². The van der Waals surface area contributed by atoms with Crippen molar-refractivity contribution in [2.24, 2.45) is 0 Å². The molecule has 1 N–H and O–H groups in total. The van der Waals surface area contributed by atoms with Crippen LogP contribution in [0.15, 0.2) is 58.2 Å². The standard InChI is InChI=1S/C26H28BrCl2N4O7PS/c1-25(15-17-4-6-18(27)7-5-17)23(34)32(21-13-19(28)12-20(29)14-21)24-30-16-22(33(24)25)42(37,38)31-10-8-26(35,9-11-31)41(36,39-2)40-3/h4-7,12-14,16,35H,8-11,15H2,1-3H3/t25-/m1/s1. The highest BCUT2D eigenvalue weighted by Crippen LogP contribution is 2.61. The first kappa shape index (κ1) is 31.6. The van der Waals surface area contributed by atoms with Gasteiger partial charge in [0.15, 0.2) is 10.4 Å². The van der Waals surface area contributed by atoms with Gasteiger partial charge in [-0.1, -0.05) is 51.3 Å². The lowest BCUT2D eigenvalue weighted by molar-refractivity contribution is -0.124. The molecule has 0 unspecified atom stereocenters. The lowest BCUT2D eigenvalue weighted by Gasteiger charge is -2.39. The van der Waals surface area contributed by atoms with Crippen LogP contribution in [0.1, 0.15) is 25.3 Å². The Hall–Kier alpha value is -1.80. The number of rotatable bonds is 8. The van der Waals surface area contributed by atoms with E-state index in [0.717, 1.165) is 10.0 Å². The Labute approximate surface area is 262 Å². The van der Waals surface area contributed by atoms with Gasteiger partial charge in [0.25, 0.3) is 15.9 Å². The molecule has 0 spiro atoms. The highest BCUT2D eigenvalue weighted by molar-refractivity contribution is 9.10. The monoisotopic (exact) mass is 720 g/mol. The van der Waals surface area contributed by atoms with Gasteiger partial charge in [-0.2, -0.15) is 4.31 Å². The van der Waals surface area contributed by atoms with Gasteiger partial charge in [-0.15, -0.1) is 0 Å². The summed E-state index contributed by atoms with van der Waals surface area (Å²) in [6.07, 6.45) is 0.995. The van der Waals surface area contributed by atoms with Crippen LogP contribution in [0.4, 0.5) is 11.6 Å². The number of carbonyl (C=O) groups is 1. The third-order valence-electron chi connectivity index (χ3n) is 7.75. The number of aromatic nitrogens is 2. The van der Waals surface area contributed by atoms with E-state index in [-0.39, 0.29) is 43.3 Å². The van der Waals surface area contributed by atoms with Gasteiger partial charge in [0.05, 0.1) is 11.9 Å². The molecule has 0 bridgehead atoms. The second-order valence-electron chi connectivity index (χ2n) is 10.3. The molecular weight excluding hydrogens is 694 g/mol. The number of benzene rings is 2. The number of carbonyl (C=O) groups excluding carboxylic acids is 1. The molecule has 1 fully saturated rings. The third kappa shape index (κ3) is 5.16. The van der Waals surface area contributed by atoms with E-state index in [0.29, 0.717) is 15.7 Å². The van der Waals surface area contributed by atoms with Gasteiger partial charge in [0.1, 0.15) is 5.54 Å².